The summed E-state index contributed by atoms with van der Waals surface area (Å²) in [5, 5.41) is 11.6. The zero-order valence-corrected chi connectivity index (χ0v) is 12.1. The van der Waals surface area contributed by atoms with Gasteiger partial charge in [-0.1, -0.05) is 18.2 Å². The lowest BCUT2D eigenvalue weighted by Gasteiger charge is -2.32. The second-order valence-corrected chi connectivity index (χ2v) is 5.61. The van der Waals surface area contributed by atoms with Crippen molar-refractivity contribution in [3.05, 3.63) is 46.0 Å². The van der Waals surface area contributed by atoms with Gasteiger partial charge in [-0.2, -0.15) is 0 Å². The molecule has 0 aromatic heterocycles. The molecule has 0 N–H and O–H groups in total. The number of ether oxygens (including phenoxy) is 2. The normalized spacial score (nSPS) is 27.1. The molecule has 112 valence electrons. The summed E-state index contributed by atoms with van der Waals surface area (Å²) in [6, 6.07) is 4.74. The summed E-state index contributed by atoms with van der Waals surface area (Å²) in [7, 11) is 3.74. The van der Waals surface area contributed by atoms with E-state index in [1.165, 1.54) is 0 Å². The van der Waals surface area contributed by atoms with Gasteiger partial charge in [-0.15, -0.1) is 0 Å². The number of rotatable bonds is 3. The quantitative estimate of drug-likeness (QED) is 0.484. The first-order chi connectivity index (χ1) is 10.1. The summed E-state index contributed by atoms with van der Waals surface area (Å²) >= 11 is 0. The van der Waals surface area contributed by atoms with Gasteiger partial charge in [0.05, 0.1) is 12.0 Å². The van der Waals surface area contributed by atoms with Crippen molar-refractivity contribution in [3.63, 3.8) is 0 Å². The second-order valence-electron chi connectivity index (χ2n) is 5.61. The van der Waals surface area contributed by atoms with Crippen LogP contribution in [0.3, 0.4) is 0 Å². The molecule has 0 saturated carbocycles. The zero-order chi connectivity index (χ0) is 15.0. The van der Waals surface area contributed by atoms with Crippen LogP contribution in [0, 0.1) is 10.1 Å². The molecule has 1 aromatic carbocycles. The Morgan fingerprint density at radius 1 is 1.29 bits per heavy atom. The molecule has 0 bridgehead atoms. The van der Waals surface area contributed by atoms with E-state index in [9.17, 15) is 10.1 Å². The first-order valence-corrected chi connectivity index (χ1v) is 6.94. The van der Waals surface area contributed by atoms with E-state index in [1.54, 1.807) is 0 Å². The molecule has 1 heterocycles. The fourth-order valence-electron chi connectivity index (χ4n) is 3.08. The molecule has 1 unspecified atom stereocenters. The number of hydrogen-bond donors (Lipinski definition) is 0. The summed E-state index contributed by atoms with van der Waals surface area (Å²) < 4.78 is 10.7. The number of nitrogens with zero attached hydrogens (tertiary/aromatic N) is 2. The highest BCUT2D eigenvalue weighted by Crippen LogP contribution is 2.39. The third kappa shape index (κ3) is 2.47. The highest BCUT2D eigenvalue weighted by molar-refractivity contribution is 5.46. The Morgan fingerprint density at radius 3 is 2.76 bits per heavy atom. The van der Waals surface area contributed by atoms with Crippen molar-refractivity contribution < 1.29 is 14.4 Å². The molecule has 6 nitrogen and oxygen atoms in total. The van der Waals surface area contributed by atoms with Crippen molar-refractivity contribution in [2.45, 2.75) is 24.4 Å². The molecule has 1 aliphatic heterocycles. The molecule has 2 aliphatic rings. The molecule has 0 spiro atoms. The molecule has 0 saturated heterocycles. The van der Waals surface area contributed by atoms with Gasteiger partial charge in [0.2, 0.25) is 12.8 Å². The molecule has 3 rings (SSSR count). The van der Waals surface area contributed by atoms with Gasteiger partial charge in [0.25, 0.3) is 0 Å². The molecule has 1 aliphatic carbocycles. The van der Waals surface area contributed by atoms with E-state index in [0.717, 1.165) is 5.56 Å². The molecule has 0 radical (unpaired) electrons. The highest BCUT2D eigenvalue weighted by Gasteiger charge is 2.42. The van der Waals surface area contributed by atoms with Gasteiger partial charge in [-0.25, -0.2) is 0 Å². The van der Waals surface area contributed by atoms with Gasteiger partial charge in [-0.05, 0) is 38.2 Å². The topological polar surface area (TPSA) is 64.8 Å². The zero-order valence-electron chi connectivity index (χ0n) is 12.1. The number of likely N-dealkylation sites (N-methyl/N-ethyl adjacent to an activating group) is 1. The van der Waals surface area contributed by atoms with Crippen LogP contribution in [0.2, 0.25) is 0 Å². The summed E-state index contributed by atoms with van der Waals surface area (Å²) in [5.41, 5.74) is 0.928. The maximum Gasteiger partial charge on any atom is 0.238 e. The van der Waals surface area contributed by atoms with Gasteiger partial charge in [-0.3, -0.25) is 15.0 Å². The Balaban J connectivity index is 1.96. The van der Waals surface area contributed by atoms with Crippen LogP contribution in [-0.2, 0) is 0 Å². The number of allylic oxidation sites excluding steroid dienone is 1. The smallest absolute Gasteiger partial charge is 0.238 e. The highest BCUT2D eigenvalue weighted by atomic mass is 16.7. The molecular formula is C15H18N2O4. The number of fused-ring (bicyclic) bond motifs is 1. The van der Waals surface area contributed by atoms with Crippen molar-refractivity contribution in [2.75, 3.05) is 20.9 Å². The number of nitro groups is 1. The molecule has 0 fully saturated rings. The van der Waals surface area contributed by atoms with E-state index in [2.05, 4.69) is 0 Å². The van der Waals surface area contributed by atoms with E-state index in [-0.39, 0.29) is 23.7 Å². The fraction of sp³-hybridized carbons (Fsp3) is 0.467. The minimum atomic E-state index is -0.662. The Labute approximate surface area is 123 Å². The SMILES string of the molecule is CN(C)[C@H]1C=CC[C@@H](c2ccc3c(c2)OCO3)C1[N+](=O)[O-]. The Morgan fingerprint density at radius 2 is 2.05 bits per heavy atom. The summed E-state index contributed by atoms with van der Waals surface area (Å²) in [4.78, 5) is 13.3. The van der Waals surface area contributed by atoms with E-state index in [1.807, 2.05) is 49.3 Å². The van der Waals surface area contributed by atoms with Crippen LogP contribution < -0.4 is 9.47 Å². The molecule has 3 atom stereocenters. The Bertz CT molecular complexity index is 585. The van der Waals surface area contributed by atoms with Crippen LogP contribution in [0.1, 0.15) is 17.9 Å². The van der Waals surface area contributed by atoms with Crippen molar-refractivity contribution in [3.8, 4) is 11.5 Å². The third-order valence-electron chi connectivity index (χ3n) is 4.15. The first-order valence-electron chi connectivity index (χ1n) is 6.94. The average molecular weight is 290 g/mol. The van der Waals surface area contributed by atoms with E-state index in [4.69, 9.17) is 9.47 Å². The predicted molar refractivity (Wildman–Crippen MR) is 77.3 cm³/mol. The largest absolute Gasteiger partial charge is 0.454 e. The Hall–Kier alpha value is -2.08. The fourth-order valence-corrected chi connectivity index (χ4v) is 3.08. The van der Waals surface area contributed by atoms with Crippen LogP contribution in [0.4, 0.5) is 0 Å². The van der Waals surface area contributed by atoms with Crippen LogP contribution >= 0.6 is 0 Å². The van der Waals surface area contributed by atoms with Crippen molar-refractivity contribution >= 4 is 0 Å². The Kier molecular flexibility index (Phi) is 3.55. The van der Waals surface area contributed by atoms with Crippen LogP contribution in [-0.4, -0.2) is 42.8 Å². The van der Waals surface area contributed by atoms with Crippen LogP contribution in [0.15, 0.2) is 30.4 Å². The maximum absolute atomic E-state index is 11.6. The molecule has 6 heteroatoms. The van der Waals surface area contributed by atoms with Crippen LogP contribution in [0.25, 0.3) is 0 Å². The lowest BCUT2D eigenvalue weighted by atomic mass is 9.80. The molecule has 0 amide bonds. The van der Waals surface area contributed by atoms with Gasteiger partial charge >= 0.3 is 0 Å². The number of benzene rings is 1. The minimum Gasteiger partial charge on any atom is -0.454 e. The monoisotopic (exact) mass is 290 g/mol. The van der Waals surface area contributed by atoms with Crippen molar-refractivity contribution in [1.29, 1.82) is 0 Å². The molecular weight excluding hydrogens is 272 g/mol. The lowest BCUT2D eigenvalue weighted by Crippen LogP contribution is -2.47. The van der Waals surface area contributed by atoms with Gasteiger partial charge in [0.1, 0.15) is 0 Å². The van der Waals surface area contributed by atoms with E-state index in [0.29, 0.717) is 17.9 Å². The standard InChI is InChI=1S/C15H18N2O4/c1-16(2)12-5-3-4-11(15(12)17(18)19)10-6-7-13-14(8-10)21-9-20-13/h3,5-8,11-12,15H,4,9H2,1-2H3/t11-,12-,15?/m0/s1. The van der Waals surface area contributed by atoms with Gasteiger partial charge in [0, 0.05) is 4.92 Å². The molecule has 21 heavy (non-hydrogen) atoms. The number of hydrogen-bond acceptors (Lipinski definition) is 5. The van der Waals surface area contributed by atoms with Crippen LogP contribution in [0.5, 0.6) is 11.5 Å². The minimum absolute atomic E-state index is 0.160. The summed E-state index contributed by atoms with van der Waals surface area (Å²) in [6.45, 7) is 0.211. The summed E-state index contributed by atoms with van der Waals surface area (Å²) in [6.07, 6.45) is 4.62. The lowest BCUT2D eigenvalue weighted by molar-refractivity contribution is -0.532. The summed E-state index contributed by atoms with van der Waals surface area (Å²) in [5.74, 6) is 1.21. The second kappa shape index (κ2) is 5.37. The van der Waals surface area contributed by atoms with Gasteiger partial charge < -0.3 is 9.47 Å². The molecule has 1 aromatic rings. The van der Waals surface area contributed by atoms with E-state index >= 15 is 0 Å². The third-order valence-corrected chi connectivity index (χ3v) is 4.15. The first kappa shape index (κ1) is 13.9. The van der Waals surface area contributed by atoms with E-state index < -0.39 is 6.04 Å². The van der Waals surface area contributed by atoms with Gasteiger partial charge in [0.15, 0.2) is 11.5 Å². The maximum atomic E-state index is 11.6. The average Bonchev–Trinajstić information content (AvgIpc) is 2.93. The predicted octanol–water partition coefficient (Wildman–Crippen LogP) is 2.03. The van der Waals surface area contributed by atoms with Crippen molar-refractivity contribution in [1.82, 2.24) is 4.90 Å². The van der Waals surface area contributed by atoms with Crippen molar-refractivity contribution in [2.24, 2.45) is 0 Å².